The van der Waals surface area contributed by atoms with Crippen molar-refractivity contribution in [2.24, 2.45) is 0 Å². The molecule has 0 aromatic rings. The summed E-state index contributed by atoms with van der Waals surface area (Å²) in [7, 11) is 0. The van der Waals surface area contributed by atoms with Crippen LogP contribution in [0.25, 0.3) is 0 Å². The average Bonchev–Trinajstić information content (AvgIpc) is 2.00. The molecule has 3 heteroatoms. The molecule has 0 fully saturated rings. The SMILES string of the molecule is CCC(C)OC(=O)CCC[S]. The first-order chi connectivity index (χ1) is 5.20. The van der Waals surface area contributed by atoms with Gasteiger partial charge in [0.2, 0.25) is 0 Å². The number of ether oxygens (including phenoxy) is 1. The van der Waals surface area contributed by atoms with Gasteiger partial charge in [0.05, 0.1) is 6.10 Å². The van der Waals surface area contributed by atoms with Gasteiger partial charge in [0, 0.05) is 12.2 Å². The van der Waals surface area contributed by atoms with E-state index in [-0.39, 0.29) is 12.1 Å². The van der Waals surface area contributed by atoms with Crippen molar-refractivity contribution in [3.63, 3.8) is 0 Å². The third-order valence-electron chi connectivity index (χ3n) is 1.43. The first kappa shape index (κ1) is 10.8. The third-order valence-corrected chi connectivity index (χ3v) is 1.72. The first-order valence-electron chi connectivity index (χ1n) is 3.98. The summed E-state index contributed by atoms with van der Waals surface area (Å²) in [6.45, 7) is 3.89. The van der Waals surface area contributed by atoms with E-state index in [2.05, 4.69) is 0 Å². The lowest BCUT2D eigenvalue weighted by molar-refractivity contribution is -0.148. The van der Waals surface area contributed by atoms with E-state index < -0.39 is 0 Å². The van der Waals surface area contributed by atoms with E-state index in [0.29, 0.717) is 12.2 Å². The minimum absolute atomic E-state index is 0.0487. The van der Waals surface area contributed by atoms with Crippen LogP contribution < -0.4 is 0 Å². The molecule has 1 atom stereocenters. The number of carbonyl (C=O) groups excluding carboxylic acids is 1. The van der Waals surface area contributed by atoms with Crippen molar-refractivity contribution in [1.82, 2.24) is 0 Å². The predicted molar refractivity (Wildman–Crippen MR) is 47.5 cm³/mol. The van der Waals surface area contributed by atoms with Crippen molar-refractivity contribution in [1.29, 1.82) is 0 Å². The second kappa shape index (κ2) is 6.53. The number of rotatable bonds is 5. The van der Waals surface area contributed by atoms with Crippen LogP contribution in [0, 0.1) is 0 Å². The number of hydrogen-bond donors (Lipinski definition) is 0. The lowest BCUT2D eigenvalue weighted by atomic mass is 10.3. The molecule has 0 aromatic carbocycles. The Morgan fingerprint density at radius 2 is 2.27 bits per heavy atom. The molecule has 2 nitrogen and oxygen atoms in total. The highest BCUT2D eigenvalue weighted by molar-refractivity contribution is 7.80. The quantitative estimate of drug-likeness (QED) is 0.599. The van der Waals surface area contributed by atoms with E-state index in [9.17, 15) is 4.79 Å². The highest BCUT2D eigenvalue weighted by Crippen LogP contribution is 2.00. The minimum atomic E-state index is -0.121. The molecule has 0 spiro atoms. The van der Waals surface area contributed by atoms with Crippen LogP contribution in [0.3, 0.4) is 0 Å². The fourth-order valence-corrected chi connectivity index (χ4v) is 0.727. The fourth-order valence-electron chi connectivity index (χ4n) is 0.583. The summed E-state index contributed by atoms with van der Waals surface area (Å²) in [5.74, 6) is 0.513. The highest BCUT2D eigenvalue weighted by atomic mass is 32.1. The zero-order chi connectivity index (χ0) is 8.69. The Hall–Kier alpha value is -0.180. The van der Waals surface area contributed by atoms with Crippen LogP contribution in [0.1, 0.15) is 33.1 Å². The predicted octanol–water partition coefficient (Wildman–Crippen LogP) is 2.31. The summed E-state index contributed by atoms with van der Waals surface area (Å²) in [6, 6.07) is 0. The molecule has 1 unspecified atom stereocenters. The molecule has 0 aliphatic carbocycles. The van der Waals surface area contributed by atoms with Crippen LogP contribution in [-0.4, -0.2) is 17.8 Å². The van der Waals surface area contributed by atoms with Gasteiger partial charge < -0.3 is 4.74 Å². The zero-order valence-electron chi connectivity index (χ0n) is 7.13. The van der Waals surface area contributed by atoms with Crippen LogP contribution in [0.2, 0.25) is 0 Å². The van der Waals surface area contributed by atoms with Gasteiger partial charge in [-0.05, 0) is 19.8 Å². The van der Waals surface area contributed by atoms with E-state index in [1.807, 2.05) is 13.8 Å². The monoisotopic (exact) mass is 175 g/mol. The summed E-state index contributed by atoms with van der Waals surface area (Å²) in [6.07, 6.45) is 2.14. The molecule has 0 N–H and O–H groups in total. The van der Waals surface area contributed by atoms with Crippen molar-refractivity contribution < 1.29 is 9.53 Å². The van der Waals surface area contributed by atoms with E-state index in [1.54, 1.807) is 0 Å². The Labute approximate surface area is 73.7 Å². The first-order valence-corrected chi connectivity index (χ1v) is 4.56. The Morgan fingerprint density at radius 1 is 1.64 bits per heavy atom. The molecule has 0 saturated carbocycles. The molecule has 0 aliphatic rings. The van der Waals surface area contributed by atoms with Gasteiger partial charge in [-0.2, -0.15) is 0 Å². The Kier molecular flexibility index (Phi) is 6.42. The van der Waals surface area contributed by atoms with Crippen LogP contribution >= 0.6 is 12.6 Å². The van der Waals surface area contributed by atoms with Gasteiger partial charge in [0.1, 0.15) is 0 Å². The standard InChI is InChI=1S/C8H15O2S/c1-3-7(2)10-8(9)5-4-6-11/h7H,3-6H2,1-2H3. The molecule has 0 aliphatic heterocycles. The summed E-state index contributed by atoms with van der Waals surface area (Å²) in [4.78, 5) is 10.9. The molecular weight excluding hydrogens is 160 g/mol. The largest absolute Gasteiger partial charge is 0.463 e. The van der Waals surface area contributed by atoms with Gasteiger partial charge >= 0.3 is 5.97 Å². The Balaban J connectivity index is 3.36. The lowest BCUT2D eigenvalue weighted by Crippen LogP contribution is -2.13. The Bertz CT molecular complexity index is 115. The smallest absolute Gasteiger partial charge is 0.306 e. The number of esters is 1. The minimum Gasteiger partial charge on any atom is -0.463 e. The highest BCUT2D eigenvalue weighted by Gasteiger charge is 2.05. The molecule has 0 saturated heterocycles. The molecule has 1 radical (unpaired) electrons. The maximum Gasteiger partial charge on any atom is 0.306 e. The summed E-state index contributed by atoms with van der Waals surface area (Å²) in [5.41, 5.74) is 0. The summed E-state index contributed by atoms with van der Waals surface area (Å²) < 4.78 is 5.02. The van der Waals surface area contributed by atoms with Crippen LogP contribution in [0.4, 0.5) is 0 Å². The van der Waals surface area contributed by atoms with Crippen molar-refractivity contribution in [2.75, 3.05) is 5.75 Å². The van der Waals surface area contributed by atoms with Gasteiger partial charge in [0.25, 0.3) is 0 Å². The number of hydrogen-bond acceptors (Lipinski definition) is 2. The van der Waals surface area contributed by atoms with Gasteiger partial charge in [-0.25, -0.2) is 0 Å². The molecular formula is C8H15O2S. The summed E-state index contributed by atoms with van der Waals surface area (Å²) in [5, 5.41) is 0. The maximum atomic E-state index is 10.9. The summed E-state index contributed by atoms with van der Waals surface area (Å²) >= 11 is 4.70. The normalized spacial score (nSPS) is 12.6. The van der Waals surface area contributed by atoms with Crippen LogP contribution in [0.5, 0.6) is 0 Å². The van der Waals surface area contributed by atoms with Crippen molar-refractivity contribution in [3.05, 3.63) is 0 Å². The van der Waals surface area contributed by atoms with Gasteiger partial charge in [-0.15, -0.1) is 0 Å². The van der Waals surface area contributed by atoms with Crippen molar-refractivity contribution in [2.45, 2.75) is 39.2 Å². The van der Waals surface area contributed by atoms with E-state index in [0.717, 1.165) is 12.8 Å². The van der Waals surface area contributed by atoms with E-state index >= 15 is 0 Å². The van der Waals surface area contributed by atoms with Gasteiger partial charge in [-0.1, -0.05) is 19.6 Å². The van der Waals surface area contributed by atoms with Gasteiger partial charge in [-0.3, -0.25) is 4.79 Å². The van der Waals surface area contributed by atoms with Crippen molar-refractivity contribution >= 4 is 18.6 Å². The maximum absolute atomic E-state index is 10.9. The molecule has 0 aromatic heterocycles. The topological polar surface area (TPSA) is 26.3 Å². The molecule has 0 rings (SSSR count). The second-order valence-electron chi connectivity index (χ2n) is 2.52. The van der Waals surface area contributed by atoms with Crippen LogP contribution in [0.15, 0.2) is 0 Å². The number of carbonyl (C=O) groups is 1. The molecule has 0 bridgehead atoms. The fraction of sp³-hybridized carbons (Fsp3) is 0.875. The van der Waals surface area contributed by atoms with Gasteiger partial charge in [0.15, 0.2) is 0 Å². The third kappa shape index (κ3) is 6.23. The van der Waals surface area contributed by atoms with E-state index in [1.165, 1.54) is 0 Å². The molecule has 11 heavy (non-hydrogen) atoms. The van der Waals surface area contributed by atoms with E-state index in [4.69, 9.17) is 17.4 Å². The molecule has 0 amide bonds. The molecule has 65 valence electrons. The average molecular weight is 175 g/mol. The second-order valence-corrected chi connectivity index (χ2v) is 2.92. The zero-order valence-corrected chi connectivity index (χ0v) is 7.95. The van der Waals surface area contributed by atoms with Crippen LogP contribution in [-0.2, 0) is 9.53 Å². The Morgan fingerprint density at radius 3 is 2.73 bits per heavy atom. The molecule has 0 heterocycles. The lowest BCUT2D eigenvalue weighted by Gasteiger charge is -2.09. The van der Waals surface area contributed by atoms with Crippen molar-refractivity contribution in [3.8, 4) is 0 Å².